The number of allylic oxidation sites excluding steroid dienone is 1. The molecular formula is C18H24FNO2. The number of likely N-dealkylation sites (N-methyl/N-ethyl adjacent to an activating group) is 1. The van der Waals surface area contributed by atoms with Gasteiger partial charge < -0.3 is 9.47 Å². The molecule has 2 atom stereocenters. The van der Waals surface area contributed by atoms with Crippen molar-refractivity contribution in [2.24, 2.45) is 0 Å². The van der Waals surface area contributed by atoms with Crippen molar-refractivity contribution < 1.29 is 13.9 Å². The quantitative estimate of drug-likeness (QED) is 0.798. The van der Waals surface area contributed by atoms with Crippen LogP contribution >= 0.6 is 0 Å². The van der Waals surface area contributed by atoms with Crippen LogP contribution in [0.15, 0.2) is 23.8 Å². The van der Waals surface area contributed by atoms with E-state index in [1.54, 1.807) is 13.2 Å². The predicted octanol–water partition coefficient (Wildman–Crippen LogP) is 3.52. The van der Waals surface area contributed by atoms with Gasteiger partial charge in [-0.2, -0.15) is 0 Å². The first kappa shape index (κ1) is 15.3. The Kier molecular flexibility index (Phi) is 3.89. The van der Waals surface area contributed by atoms with E-state index in [0.29, 0.717) is 11.8 Å². The van der Waals surface area contributed by atoms with Crippen LogP contribution in [0.4, 0.5) is 4.39 Å². The Morgan fingerprint density at radius 1 is 1.23 bits per heavy atom. The standard InChI is InChI=1S/C18H24FNO2/c1-12-5-6-18(7-8-20(2)16(18)9-12)13-10-14(19)17(22-4)15(11-13)21-3/h9-11,16H,5-8H2,1-4H3/t16-,18-/m0/s1. The largest absolute Gasteiger partial charge is 0.493 e. The minimum atomic E-state index is -0.342. The van der Waals surface area contributed by atoms with Gasteiger partial charge >= 0.3 is 0 Å². The van der Waals surface area contributed by atoms with E-state index in [1.807, 2.05) is 6.07 Å². The maximum atomic E-state index is 14.4. The number of methoxy groups -OCH3 is 2. The van der Waals surface area contributed by atoms with E-state index >= 15 is 0 Å². The molecule has 0 aromatic heterocycles. The maximum Gasteiger partial charge on any atom is 0.196 e. The van der Waals surface area contributed by atoms with E-state index in [0.717, 1.165) is 31.4 Å². The molecule has 0 spiro atoms. The fourth-order valence-corrected chi connectivity index (χ4v) is 4.08. The summed E-state index contributed by atoms with van der Waals surface area (Å²) in [6.45, 7) is 3.22. The normalized spacial score (nSPS) is 28.2. The second-order valence-corrected chi connectivity index (χ2v) is 6.54. The summed E-state index contributed by atoms with van der Waals surface area (Å²) in [5, 5.41) is 0. The van der Waals surface area contributed by atoms with Crippen molar-refractivity contribution >= 4 is 0 Å². The summed E-state index contributed by atoms with van der Waals surface area (Å²) < 4.78 is 24.9. The highest BCUT2D eigenvalue weighted by Gasteiger charge is 2.48. The van der Waals surface area contributed by atoms with Gasteiger partial charge in [0.1, 0.15) is 0 Å². The molecule has 0 N–H and O–H groups in total. The highest BCUT2D eigenvalue weighted by atomic mass is 19.1. The molecule has 4 heteroatoms. The Bertz CT molecular complexity index is 613. The van der Waals surface area contributed by atoms with Crippen LogP contribution in [0, 0.1) is 5.82 Å². The van der Waals surface area contributed by atoms with Crippen molar-refractivity contribution in [3.8, 4) is 11.5 Å². The van der Waals surface area contributed by atoms with Crippen molar-refractivity contribution in [3.63, 3.8) is 0 Å². The van der Waals surface area contributed by atoms with Crippen molar-refractivity contribution in [1.82, 2.24) is 4.90 Å². The monoisotopic (exact) mass is 305 g/mol. The molecule has 0 saturated carbocycles. The Morgan fingerprint density at radius 2 is 2.00 bits per heavy atom. The molecule has 1 aromatic carbocycles. The second kappa shape index (κ2) is 5.58. The molecule has 3 nitrogen and oxygen atoms in total. The third kappa shape index (κ3) is 2.21. The van der Waals surface area contributed by atoms with Crippen molar-refractivity contribution in [2.45, 2.75) is 37.6 Å². The summed E-state index contributed by atoms with van der Waals surface area (Å²) in [5.74, 6) is 0.324. The summed E-state index contributed by atoms with van der Waals surface area (Å²) in [6, 6.07) is 3.93. The van der Waals surface area contributed by atoms with Crippen LogP contribution in [0.2, 0.25) is 0 Å². The number of hydrogen-bond donors (Lipinski definition) is 0. The number of fused-ring (bicyclic) bond motifs is 1. The molecule has 1 fully saturated rings. The third-order valence-electron chi connectivity index (χ3n) is 5.37. The van der Waals surface area contributed by atoms with Gasteiger partial charge in [-0.05, 0) is 57.5 Å². The SMILES string of the molecule is COc1cc([C@@]23CCC(C)=C[C@@H]2N(C)CC3)cc(F)c1OC. The van der Waals surface area contributed by atoms with Gasteiger partial charge in [0, 0.05) is 11.5 Å². The Morgan fingerprint density at radius 3 is 2.68 bits per heavy atom. The molecule has 1 aromatic rings. The van der Waals surface area contributed by atoms with Crippen molar-refractivity contribution in [1.29, 1.82) is 0 Å². The molecule has 2 aliphatic rings. The van der Waals surface area contributed by atoms with Crippen LogP contribution in [0.5, 0.6) is 11.5 Å². The molecule has 1 aliphatic heterocycles. The average Bonchev–Trinajstić information content (AvgIpc) is 2.84. The average molecular weight is 305 g/mol. The summed E-state index contributed by atoms with van der Waals surface area (Å²) in [7, 11) is 5.18. The first-order valence-electron chi connectivity index (χ1n) is 7.81. The van der Waals surface area contributed by atoms with E-state index in [1.165, 1.54) is 12.7 Å². The third-order valence-corrected chi connectivity index (χ3v) is 5.37. The van der Waals surface area contributed by atoms with Crippen molar-refractivity contribution in [2.75, 3.05) is 27.8 Å². The van der Waals surface area contributed by atoms with Gasteiger partial charge in [0.25, 0.3) is 0 Å². The van der Waals surface area contributed by atoms with Crippen molar-refractivity contribution in [3.05, 3.63) is 35.2 Å². The molecule has 1 heterocycles. The molecule has 0 unspecified atom stereocenters. The van der Waals surface area contributed by atoms with E-state index in [9.17, 15) is 4.39 Å². The molecule has 1 aliphatic carbocycles. The molecule has 0 radical (unpaired) electrons. The van der Waals surface area contributed by atoms with Gasteiger partial charge in [-0.3, -0.25) is 4.90 Å². The molecule has 22 heavy (non-hydrogen) atoms. The number of hydrogen-bond acceptors (Lipinski definition) is 3. The molecule has 0 amide bonds. The van der Waals surface area contributed by atoms with Crippen LogP contribution in [0.25, 0.3) is 0 Å². The highest BCUT2D eigenvalue weighted by molar-refractivity contribution is 5.48. The minimum Gasteiger partial charge on any atom is -0.493 e. The first-order chi connectivity index (χ1) is 10.5. The lowest BCUT2D eigenvalue weighted by atomic mass is 9.67. The lowest BCUT2D eigenvalue weighted by molar-refractivity contribution is 0.265. The minimum absolute atomic E-state index is 0.0192. The van der Waals surface area contributed by atoms with Gasteiger partial charge in [0.15, 0.2) is 17.3 Å². The predicted molar refractivity (Wildman–Crippen MR) is 85.2 cm³/mol. The topological polar surface area (TPSA) is 21.7 Å². The van der Waals surface area contributed by atoms with Gasteiger partial charge in [0.05, 0.1) is 14.2 Å². The zero-order chi connectivity index (χ0) is 15.9. The fraction of sp³-hybridized carbons (Fsp3) is 0.556. The van der Waals surface area contributed by atoms with Crippen LogP contribution in [-0.4, -0.2) is 38.8 Å². The van der Waals surface area contributed by atoms with Crippen LogP contribution in [0.1, 0.15) is 31.7 Å². The number of ether oxygens (including phenoxy) is 2. The van der Waals surface area contributed by atoms with E-state index in [-0.39, 0.29) is 17.0 Å². The molecule has 120 valence electrons. The fourth-order valence-electron chi connectivity index (χ4n) is 4.08. The number of benzene rings is 1. The maximum absolute atomic E-state index is 14.4. The number of rotatable bonds is 3. The summed E-state index contributed by atoms with van der Waals surface area (Å²) in [6.07, 6.45) is 5.53. The van der Waals surface area contributed by atoms with Gasteiger partial charge in [-0.25, -0.2) is 4.39 Å². The van der Waals surface area contributed by atoms with Crippen LogP contribution in [-0.2, 0) is 5.41 Å². The summed E-state index contributed by atoms with van der Waals surface area (Å²) >= 11 is 0. The second-order valence-electron chi connectivity index (χ2n) is 6.54. The molecule has 3 rings (SSSR count). The Labute approximate surface area is 131 Å². The van der Waals surface area contributed by atoms with Gasteiger partial charge in [-0.15, -0.1) is 0 Å². The van der Waals surface area contributed by atoms with E-state index in [4.69, 9.17) is 9.47 Å². The lowest BCUT2D eigenvalue weighted by Crippen LogP contribution is -2.42. The molecule has 0 bridgehead atoms. The number of halogens is 1. The van der Waals surface area contributed by atoms with Crippen LogP contribution < -0.4 is 9.47 Å². The summed E-state index contributed by atoms with van der Waals surface area (Å²) in [4.78, 5) is 2.37. The van der Waals surface area contributed by atoms with Gasteiger partial charge in [-0.1, -0.05) is 11.6 Å². The number of nitrogens with zero attached hydrogens (tertiary/aromatic N) is 1. The zero-order valence-corrected chi connectivity index (χ0v) is 13.8. The van der Waals surface area contributed by atoms with Crippen LogP contribution in [0.3, 0.4) is 0 Å². The Balaban J connectivity index is 2.12. The van der Waals surface area contributed by atoms with Gasteiger partial charge in [0.2, 0.25) is 0 Å². The zero-order valence-electron chi connectivity index (χ0n) is 13.8. The molecule has 1 saturated heterocycles. The smallest absolute Gasteiger partial charge is 0.196 e. The first-order valence-corrected chi connectivity index (χ1v) is 7.81. The Hall–Kier alpha value is -1.55. The van der Waals surface area contributed by atoms with E-state index < -0.39 is 0 Å². The lowest BCUT2D eigenvalue weighted by Gasteiger charge is -2.40. The summed E-state index contributed by atoms with van der Waals surface area (Å²) in [5.41, 5.74) is 2.44. The number of likely N-dealkylation sites (tertiary alicyclic amines) is 1. The highest BCUT2D eigenvalue weighted by Crippen LogP contribution is 2.49. The van der Waals surface area contributed by atoms with E-state index in [2.05, 4.69) is 24.9 Å². The molecular weight excluding hydrogens is 281 g/mol.